The molecule has 0 aliphatic heterocycles. The number of hydrogen-bond donors (Lipinski definition) is 1. The third-order valence-electron chi connectivity index (χ3n) is 4.55. The zero-order valence-electron chi connectivity index (χ0n) is 16.0. The first-order chi connectivity index (χ1) is 15.0. The van der Waals surface area contributed by atoms with Gasteiger partial charge in [0.05, 0.1) is 5.69 Å². The summed E-state index contributed by atoms with van der Waals surface area (Å²) in [5.41, 5.74) is -3.15. The molecule has 0 aliphatic carbocycles. The summed E-state index contributed by atoms with van der Waals surface area (Å²) in [5.74, 6) is -1.90. The van der Waals surface area contributed by atoms with E-state index in [0.717, 1.165) is 16.9 Å². The summed E-state index contributed by atoms with van der Waals surface area (Å²) < 4.78 is 82.9. The van der Waals surface area contributed by atoms with Gasteiger partial charge in [-0.05, 0) is 24.3 Å². The highest BCUT2D eigenvalue weighted by molar-refractivity contribution is 6.04. The number of pyridine rings is 2. The molecular weight excluding hydrogens is 442 g/mol. The second kappa shape index (κ2) is 7.35. The van der Waals surface area contributed by atoms with E-state index in [9.17, 15) is 31.1 Å². The van der Waals surface area contributed by atoms with Crippen LogP contribution in [0.15, 0.2) is 48.9 Å². The minimum absolute atomic E-state index is 0.0618. The molecule has 166 valence electrons. The van der Waals surface area contributed by atoms with Gasteiger partial charge >= 0.3 is 12.4 Å². The van der Waals surface area contributed by atoms with Crippen LogP contribution in [0, 0.1) is 0 Å². The normalized spacial score (nSPS) is 12.3. The van der Waals surface area contributed by atoms with Crippen molar-refractivity contribution in [3.05, 3.63) is 65.7 Å². The molecule has 0 saturated heterocycles. The first kappa shape index (κ1) is 21.3. The highest BCUT2D eigenvalue weighted by atomic mass is 19.4. The number of nitrogens with one attached hydrogen (secondary N) is 1. The molecule has 0 fully saturated rings. The molecule has 4 rings (SSSR count). The van der Waals surface area contributed by atoms with Crippen LogP contribution in [0.5, 0.6) is 0 Å². The highest BCUT2D eigenvalue weighted by Gasteiger charge is 2.41. The number of fused-ring (bicyclic) bond motifs is 1. The van der Waals surface area contributed by atoms with E-state index in [-0.39, 0.29) is 5.69 Å². The van der Waals surface area contributed by atoms with Crippen molar-refractivity contribution in [3.63, 3.8) is 0 Å². The van der Waals surface area contributed by atoms with Crippen LogP contribution in [-0.2, 0) is 19.4 Å². The number of carbonyl (C=O) groups is 1. The summed E-state index contributed by atoms with van der Waals surface area (Å²) >= 11 is 0. The Morgan fingerprint density at radius 3 is 2.44 bits per heavy atom. The maximum Gasteiger partial charge on any atom is 0.433 e. The molecule has 0 atom stereocenters. The maximum absolute atomic E-state index is 14.0. The van der Waals surface area contributed by atoms with Crippen molar-refractivity contribution in [1.82, 2.24) is 24.1 Å². The van der Waals surface area contributed by atoms with Gasteiger partial charge in [-0.15, -0.1) is 0 Å². The van der Waals surface area contributed by atoms with Crippen molar-refractivity contribution < 1.29 is 31.1 Å². The van der Waals surface area contributed by atoms with Gasteiger partial charge in [0.1, 0.15) is 28.4 Å². The Morgan fingerprint density at radius 1 is 1.00 bits per heavy atom. The van der Waals surface area contributed by atoms with Crippen LogP contribution in [0.3, 0.4) is 0 Å². The lowest BCUT2D eigenvalue weighted by Crippen LogP contribution is -2.19. The molecule has 1 amide bonds. The lowest BCUT2D eigenvalue weighted by Gasteiger charge is -2.13. The largest absolute Gasteiger partial charge is 0.433 e. The smallest absolute Gasteiger partial charge is 0.306 e. The van der Waals surface area contributed by atoms with Crippen LogP contribution in [-0.4, -0.2) is 30.1 Å². The molecule has 32 heavy (non-hydrogen) atoms. The molecule has 0 aromatic carbocycles. The minimum atomic E-state index is -4.94. The predicted octanol–water partition coefficient (Wildman–Crippen LogP) is 4.42. The van der Waals surface area contributed by atoms with Crippen molar-refractivity contribution in [1.29, 1.82) is 0 Å². The number of hydrogen-bond acceptors (Lipinski definition) is 4. The number of amides is 1. The van der Waals surface area contributed by atoms with E-state index in [4.69, 9.17) is 0 Å². The molecule has 4 aromatic heterocycles. The van der Waals surface area contributed by atoms with Gasteiger partial charge in [0.15, 0.2) is 0 Å². The number of alkyl halides is 6. The quantitative estimate of drug-likeness (QED) is 0.465. The molecule has 0 saturated carbocycles. The van der Waals surface area contributed by atoms with Crippen LogP contribution in [0.1, 0.15) is 21.6 Å². The van der Waals surface area contributed by atoms with Crippen LogP contribution < -0.4 is 5.32 Å². The highest BCUT2D eigenvalue weighted by Crippen LogP contribution is 2.41. The van der Waals surface area contributed by atoms with E-state index >= 15 is 0 Å². The molecule has 0 radical (unpaired) electrons. The van der Waals surface area contributed by atoms with Crippen molar-refractivity contribution in [2.24, 2.45) is 7.05 Å². The van der Waals surface area contributed by atoms with Crippen molar-refractivity contribution in [2.45, 2.75) is 12.4 Å². The van der Waals surface area contributed by atoms with E-state index in [1.54, 1.807) is 6.07 Å². The van der Waals surface area contributed by atoms with Gasteiger partial charge in [0.2, 0.25) is 0 Å². The number of carbonyl (C=O) groups excluding carboxylic acids is 1. The second-order valence-corrected chi connectivity index (χ2v) is 6.64. The second-order valence-electron chi connectivity index (χ2n) is 6.64. The van der Waals surface area contributed by atoms with E-state index < -0.39 is 46.6 Å². The Balaban J connectivity index is 1.81. The zero-order chi connectivity index (χ0) is 23.3. The molecule has 7 nitrogen and oxygen atoms in total. The molecule has 0 unspecified atom stereocenters. The third kappa shape index (κ3) is 3.76. The standard InChI is InChI=1S/C19H12F6N6O/c1-30-16(28-17(32)10-5-6-26-12(9-10)18(20,21)22)14(19(23,24)25)15(29-30)11-3-2-4-13-27-7-8-31(11)13/h2-9H,1H3,(H,28,32). The van der Waals surface area contributed by atoms with Gasteiger partial charge in [-0.2, -0.15) is 31.4 Å². The molecule has 0 spiro atoms. The molecular formula is C19H12F6N6O. The Kier molecular flexibility index (Phi) is 4.90. The molecule has 0 bridgehead atoms. The Bertz CT molecular complexity index is 1320. The molecule has 13 heteroatoms. The third-order valence-corrected chi connectivity index (χ3v) is 4.55. The predicted molar refractivity (Wildman–Crippen MR) is 99.6 cm³/mol. The first-order valence-corrected chi connectivity index (χ1v) is 8.88. The lowest BCUT2D eigenvalue weighted by molar-refractivity contribution is -0.141. The molecule has 0 aliphatic rings. The maximum atomic E-state index is 14.0. The van der Waals surface area contributed by atoms with E-state index in [1.807, 2.05) is 5.32 Å². The van der Waals surface area contributed by atoms with Gasteiger partial charge in [0, 0.05) is 31.2 Å². The van der Waals surface area contributed by atoms with Gasteiger partial charge in [-0.3, -0.25) is 18.9 Å². The zero-order valence-corrected chi connectivity index (χ0v) is 16.0. The number of nitrogens with zero attached hydrogens (tertiary/aromatic N) is 5. The molecule has 4 heterocycles. The monoisotopic (exact) mass is 454 g/mol. The Hall–Kier alpha value is -3.90. The summed E-state index contributed by atoms with van der Waals surface area (Å²) in [6.45, 7) is 0. The van der Waals surface area contributed by atoms with Crippen molar-refractivity contribution in [2.75, 3.05) is 5.32 Å². The lowest BCUT2D eigenvalue weighted by atomic mass is 10.1. The van der Waals surface area contributed by atoms with E-state index in [0.29, 0.717) is 11.7 Å². The topological polar surface area (TPSA) is 77.1 Å². The van der Waals surface area contributed by atoms with E-state index in [1.165, 1.54) is 36.0 Å². The summed E-state index contributed by atoms with van der Waals surface area (Å²) in [6.07, 6.45) is -6.16. The van der Waals surface area contributed by atoms with Crippen LogP contribution >= 0.6 is 0 Å². The minimum Gasteiger partial charge on any atom is -0.306 e. The molecule has 1 N–H and O–H groups in total. The van der Waals surface area contributed by atoms with Crippen LogP contribution in [0.25, 0.3) is 17.0 Å². The van der Waals surface area contributed by atoms with Crippen LogP contribution in [0.4, 0.5) is 32.2 Å². The Labute approximate surface area is 175 Å². The number of aromatic nitrogens is 5. The fourth-order valence-corrected chi connectivity index (χ4v) is 3.16. The van der Waals surface area contributed by atoms with Gasteiger partial charge in [-0.25, -0.2) is 4.98 Å². The van der Waals surface area contributed by atoms with Gasteiger partial charge in [0.25, 0.3) is 5.91 Å². The number of halogens is 6. The number of aryl methyl sites for hydroxylation is 1. The summed E-state index contributed by atoms with van der Waals surface area (Å²) in [7, 11) is 1.18. The number of rotatable bonds is 3. The van der Waals surface area contributed by atoms with E-state index in [2.05, 4.69) is 15.1 Å². The van der Waals surface area contributed by atoms with Crippen molar-refractivity contribution >= 4 is 17.4 Å². The SMILES string of the molecule is Cn1nc(-c2cccc3nccn23)c(C(F)(F)F)c1NC(=O)c1ccnc(C(F)(F)F)c1. The Morgan fingerprint density at radius 2 is 1.75 bits per heavy atom. The first-order valence-electron chi connectivity index (χ1n) is 8.88. The van der Waals surface area contributed by atoms with Crippen molar-refractivity contribution in [3.8, 4) is 11.4 Å². The van der Waals surface area contributed by atoms with Gasteiger partial charge < -0.3 is 5.32 Å². The number of imidazole rings is 1. The fourth-order valence-electron chi connectivity index (χ4n) is 3.16. The van der Waals surface area contributed by atoms with Gasteiger partial charge in [-0.1, -0.05) is 6.07 Å². The summed E-state index contributed by atoms with van der Waals surface area (Å²) in [5, 5.41) is 5.96. The number of anilines is 1. The summed E-state index contributed by atoms with van der Waals surface area (Å²) in [4.78, 5) is 19.7. The average molecular weight is 454 g/mol. The molecule has 4 aromatic rings. The summed E-state index contributed by atoms with van der Waals surface area (Å²) in [6, 6.07) is 5.90. The average Bonchev–Trinajstić information content (AvgIpc) is 3.31. The van der Waals surface area contributed by atoms with Crippen LogP contribution in [0.2, 0.25) is 0 Å². The fraction of sp³-hybridized carbons (Fsp3) is 0.158.